The minimum absolute atomic E-state index is 0.0109. The fourth-order valence-corrected chi connectivity index (χ4v) is 3.46. The lowest BCUT2D eigenvalue weighted by Gasteiger charge is -2.37. The molecular weight excluding hydrogens is 375 g/mol. The Morgan fingerprint density at radius 1 is 1.28 bits per heavy atom. The summed E-state index contributed by atoms with van der Waals surface area (Å²) in [7, 11) is 1.56. The summed E-state index contributed by atoms with van der Waals surface area (Å²) in [6.07, 6.45) is 1.42. The van der Waals surface area contributed by atoms with Gasteiger partial charge < -0.3 is 9.64 Å². The molecule has 8 heteroatoms. The zero-order valence-electron chi connectivity index (χ0n) is 16.0. The summed E-state index contributed by atoms with van der Waals surface area (Å²) in [5, 5.41) is 20.3. The summed E-state index contributed by atoms with van der Waals surface area (Å²) in [4.78, 5) is 14.8. The smallest absolute Gasteiger partial charge is 0.270 e. The van der Waals surface area contributed by atoms with Gasteiger partial charge in [-0.1, -0.05) is 12.1 Å². The maximum Gasteiger partial charge on any atom is 0.270 e. The molecule has 0 bridgehead atoms. The number of methoxy groups -OCH3 is 1. The molecule has 0 radical (unpaired) electrons. The van der Waals surface area contributed by atoms with Gasteiger partial charge in [0.05, 0.1) is 23.8 Å². The second-order valence-corrected chi connectivity index (χ2v) is 6.69. The Morgan fingerprint density at radius 2 is 2.03 bits per heavy atom. The van der Waals surface area contributed by atoms with Gasteiger partial charge >= 0.3 is 0 Å². The van der Waals surface area contributed by atoms with Crippen molar-refractivity contribution in [1.29, 1.82) is 5.26 Å². The van der Waals surface area contributed by atoms with Crippen LogP contribution in [0.5, 0.6) is 5.75 Å². The van der Waals surface area contributed by atoms with Gasteiger partial charge in [0.1, 0.15) is 11.6 Å². The van der Waals surface area contributed by atoms with Crippen molar-refractivity contribution in [3.05, 3.63) is 75.6 Å². The van der Waals surface area contributed by atoms with Crippen LogP contribution in [-0.4, -0.2) is 48.0 Å². The minimum atomic E-state index is -0.447. The third kappa shape index (κ3) is 4.89. The average molecular weight is 396 g/mol. The van der Waals surface area contributed by atoms with Crippen LogP contribution in [0.25, 0.3) is 5.70 Å². The van der Waals surface area contributed by atoms with Crippen LogP contribution >= 0.6 is 0 Å². The molecule has 0 aliphatic carbocycles. The molecule has 0 saturated carbocycles. The molecule has 1 fully saturated rings. The number of nitrogens with zero attached hydrogens (tertiary/aromatic N) is 4. The number of ether oxygens (including phenoxy) is 1. The van der Waals surface area contributed by atoms with Gasteiger partial charge in [-0.25, -0.2) is 4.39 Å². The van der Waals surface area contributed by atoms with Crippen molar-refractivity contribution in [3.8, 4) is 11.8 Å². The molecule has 1 saturated heterocycles. The second kappa shape index (κ2) is 9.17. The summed E-state index contributed by atoms with van der Waals surface area (Å²) < 4.78 is 18.9. The lowest BCUT2D eigenvalue weighted by atomic mass is 10.1. The molecule has 2 aromatic rings. The van der Waals surface area contributed by atoms with Gasteiger partial charge in [-0.2, -0.15) is 5.26 Å². The van der Waals surface area contributed by atoms with Crippen molar-refractivity contribution in [1.82, 2.24) is 9.80 Å². The molecule has 0 spiro atoms. The molecule has 1 aliphatic heterocycles. The van der Waals surface area contributed by atoms with Gasteiger partial charge in [-0.3, -0.25) is 15.0 Å². The number of allylic oxidation sites excluding steroid dienone is 1. The maximum atomic E-state index is 13.6. The van der Waals surface area contributed by atoms with E-state index in [-0.39, 0.29) is 11.5 Å². The molecule has 150 valence electrons. The zero-order chi connectivity index (χ0) is 20.8. The van der Waals surface area contributed by atoms with Crippen LogP contribution < -0.4 is 4.74 Å². The third-order valence-corrected chi connectivity index (χ3v) is 4.90. The Kier molecular flexibility index (Phi) is 6.42. The predicted octanol–water partition coefficient (Wildman–Crippen LogP) is 3.42. The first-order chi connectivity index (χ1) is 14.0. The van der Waals surface area contributed by atoms with E-state index in [9.17, 15) is 19.8 Å². The van der Waals surface area contributed by atoms with E-state index in [1.54, 1.807) is 25.3 Å². The molecule has 1 heterocycles. The van der Waals surface area contributed by atoms with Crippen LogP contribution in [0.2, 0.25) is 0 Å². The Morgan fingerprint density at radius 3 is 2.69 bits per heavy atom. The van der Waals surface area contributed by atoms with Crippen LogP contribution in [-0.2, 0) is 6.54 Å². The molecule has 2 aromatic carbocycles. The fourth-order valence-electron chi connectivity index (χ4n) is 3.46. The Balaban J connectivity index is 1.71. The van der Waals surface area contributed by atoms with Crippen molar-refractivity contribution in [2.24, 2.45) is 0 Å². The standard InChI is InChI=1S/C21H21FN4O3/c1-29-21-6-5-18(22)13-17(21)15-24-9-11-25(12-10-24)20(7-8-23)16-3-2-4-19(14-16)26(27)28/h2-7,13-14H,9-12,15H2,1H3/b20-7-. The van der Waals surface area contributed by atoms with E-state index in [1.165, 1.54) is 30.3 Å². The second-order valence-electron chi connectivity index (χ2n) is 6.69. The van der Waals surface area contributed by atoms with Crippen LogP contribution in [0.1, 0.15) is 11.1 Å². The van der Waals surface area contributed by atoms with Crippen molar-refractivity contribution in [2.75, 3.05) is 33.3 Å². The van der Waals surface area contributed by atoms with E-state index in [2.05, 4.69) is 4.90 Å². The third-order valence-electron chi connectivity index (χ3n) is 4.90. The monoisotopic (exact) mass is 396 g/mol. The average Bonchev–Trinajstić information content (AvgIpc) is 2.73. The van der Waals surface area contributed by atoms with E-state index in [1.807, 2.05) is 11.0 Å². The predicted molar refractivity (Wildman–Crippen MR) is 106 cm³/mol. The molecule has 0 unspecified atom stereocenters. The number of halogens is 1. The number of rotatable bonds is 6. The van der Waals surface area contributed by atoms with E-state index in [0.29, 0.717) is 49.7 Å². The SMILES string of the molecule is COc1ccc(F)cc1CN1CCN(/C(=C\C#N)c2cccc([N+](=O)[O-])c2)CC1. The molecule has 0 amide bonds. The first-order valence-electron chi connectivity index (χ1n) is 9.16. The van der Waals surface area contributed by atoms with Crippen LogP contribution in [0.4, 0.5) is 10.1 Å². The highest BCUT2D eigenvalue weighted by Crippen LogP contribution is 2.26. The summed E-state index contributed by atoms with van der Waals surface area (Å²) in [6.45, 7) is 3.26. The Hall–Kier alpha value is -3.44. The number of hydrogen-bond acceptors (Lipinski definition) is 6. The highest BCUT2D eigenvalue weighted by atomic mass is 19.1. The highest BCUT2D eigenvalue weighted by Gasteiger charge is 2.22. The van der Waals surface area contributed by atoms with Crippen molar-refractivity contribution >= 4 is 11.4 Å². The van der Waals surface area contributed by atoms with Crippen LogP contribution in [0.3, 0.4) is 0 Å². The topological polar surface area (TPSA) is 82.6 Å². The number of non-ortho nitro benzene ring substituents is 1. The van der Waals surface area contributed by atoms with E-state index in [0.717, 1.165) is 5.56 Å². The van der Waals surface area contributed by atoms with Crippen molar-refractivity contribution < 1.29 is 14.1 Å². The normalized spacial score (nSPS) is 15.1. The Bertz CT molecular complexity index is 963. The van der Waals surface area contributed by atoms with E-state index < -0.39 is 4.92 Å². The molecule has 3 rings (SSSR count). The number of benzene rings is 2. The van der Waals surface area contributed by atoms with Gasteiger partial charge in [0.2, 0.25) is 0 Å². The Labute approximate surface area is 168 Å². The summed E-state index contributed by atoms with van der Waals surface area (Å²) in [6, 6.07) is 12.8. The van der Waals surface area contributed by atoms with Gasteiger partial charge in [0, 0.05) is 62.1 Å². The molecule has 0 aromatic heterocycles. The van der Waals surface area contributed by atoms with Gasteiger partial charge in [0.15, 0.2) is 0 Å². The maximum absolute atomic E-state index is 13.6. The molecule has 29 heavy (non-hydrogen) atoms. The van der Waals surface area contributed by atoms with Crippen molar-refractivity contribution in [2.45, 2.75) is 6.54 Å². The molecule has 7 nitrogen and oxygen atoms in total. The quantitative estimate of drug-likeness (QED) is 0.423. The van der Waals surface area contributed by atoms with E-state index in [4.69, 9.17) is 4.74 Å². The number of hydrogen-bond donors (Lipinski definition) is 0. The molecule has 0 atom stereocenters. The summed E-state index contributed by atoms with van der Waals surface area (Å²) in [5.74, 6) is 0.347. The number of nitriles is 1. The lowest BCUT2D eigenvalue weighted by Crippen LogP contribution is -2.45. The highest BCUT2D eigenvalue weighted by molar-refractivity contribution is 5.68. The van der Waals surface area contributed by atoms with Crippen LogP contribution in [0, 0.1) is 27.3 Å². The number of nitro groups is 1. The van der Waals surface area contributed by atoms with Gasteiger partial charge in [-0.15, -0.1) is 0 Å². The summed E-state index contributed by atoms with van der Waals surface area (Å²) in [5.41, 5.74) is 2.08. The van der Waals surface area contributed by atoms with Gasteiger partial charge in [0.25, 0.3) is 5.69 Å². The lowest BCUT2D eigenvalue weighted by molar-refractivity contribution is -0.384. The van der Waals surface area contributed by atoms with E-state index >= 15 is 0 Å². The molecular formula is C21H21FN4O3. The first-order valence-corrected chi connectivity index (χ1v) is 9.16. The fraction of sp³-hybridized carbons (Fsp3) is 0.286. The largest absolute Gasteiger partial charge is 0.496 e. The number of nitro benzene ring substituents is 1. The first kappa shape index (κ1) is 20.3. The van der Waals surface area contributed by atoms with Gasteiger partial charge in [-0.05, 0) is 18.2 Å². The van der Waals surface area contributed by atoms with Crippen LogP contribution in [0.15, 0.2) is 48.5 Å². The number of piperazine rings is 1. The minimum Gasteiger partial charge on any atom is -0.496 e. The van der Waals surface area contributed by atoms with Crippen molar-refractivity contribution in [3.63, 3.8) is 0 Å². The summed E-state index contributed by atoms with van der Waals surface area (Å²) >= 11 is 0. The molecule has 1 aliphatic rings. The zero-order valence-corrected chi connectivity index (χ0v) is 16.0. The molecule has 0 N–H and O–H groups in total.